The molecule has 2 amide bonds. The van der Waals surface area contributed by atoms with Gasteiger partial charge in [-0.2, -0.15) is 0 Å². The number of para-hydroxylation sites is 1. The average Bonchev–Trinajstić information content (AvgIpc) is 3.18. The second kappa shape index (κ2) is 9.48. The van der Waals surface area contributed by atoms with Gasteiger partial charge in [0, 0.05) is 51.5 Å². The van der Waals surface area contributed by atoms with Crippen LogP contribution in [0.15, 0.2) is 30.3 Å². The van der Waals surface area contributed by atoms with Crippen molar-refractivity contribution in [2.45, 2.75) is 45.3 Å². The van der Waals surface area contributed by atoms with Crippen LogP contribution in [0.2, 0.25) is 0 Å². The number of nitrogens with zero attached hydrogens (tertiary/aromatic N) is 3. The first-order valence-electron chi connectivity index (χ1n) is 10.6. The Balaban J connectivity index is 1.39. The average molecular weight is 403 g/mol. The van der Waals surface area contributed by atoms with Gasteiger partial charge in [0.15, 0.2) is 0 Å². The van der Waals surface area contributed by atoms with Crippen LogP contribution in [0.4, 0.5) is 10.5 Å². The summed E-state index contributed by atoms with van der Waals surface area (Å²) in [6.07, 6.45) is 1.13. The molecule has 0 bridgehead atoms. The number of anilines is 1. The minimum absolute atomic E-state index is 0.0729. The Morgan fingerprint density at radius 2 is 1.76 bits per heavy atom. The highest BCUT2D eigenvalue weighted by atomic mass is 16.6. The number of amides is 2. The van der Waals surface area contributed by atoms with Crippen LogP contribution in [0.5, 0.6) is 0 Å². The van der Waals surface area contributed by atoms with E-state index in [9.17, 15) is 9.59 Å². The molecule has 2 saturated heterocycles. The van der Waals surface area contributed by atoms with Gasteiger partial charge in [-0.3, -0.25) is 14.6 Å². The molecule has 1 atom stereocenters. The second-order valence-corrected chi connectivity index (χ2v) is 8.79. The quantitative estimate of drug-likeness (QED) is 0.819. The van der Waals surface area contributed by atoms with E-state index in [1.165, 1.54) is 5.69 Å². The van der Waals surface area contributed by atoms with Crippen molar-refractivity contribution in [2.75, 3.05) is 50.7 Å². The smallest absolute Gasteiger partial charge is 0.410 e. The molecule has 0 radical (unpaired) electrons. The standard InChI is InChI=1S/C22H34N4O3/c1-22(2,3)29-21(28)26-12-7-10-19(26)20(27)23-11-13-24-14-16-25(17-15-24)18-8-5-4-6-9-18/h4-6,8-9,19H,7,10-17H2,1-3H3,(H,23,27). The van der Waals surface area contributed by atoms with Gasteiger partial charge in [0.2, 0.25) is 5.91 Å². The highest BCUT2D eigenvalue weighted by Gasteiger charge is 2.36. The summed E-state index contributed by atoms with van der Waals surface area (Å²) >= 11 is 0. The topological polar surface area (TPSA) is 65.1 Å². The summed E-state index contributed by atoms with van der Waals surface area (Å²) in [5.41, 5.74) is 0.715. The number of hydrogen-bond donors (Lipinski definition) is 1. The molecule has 7 heteroatoms. The van der Waals surface area contributed by atoms with Gasteiger partial charge in [-0.1, -0.05) is 18.2 Å². The summed E-state index contributed by atoms with van der Waals surface area (Å²) in [7, 11) is 0. The largest absolute Gasteiger partial charge is 0.444 e. The van der Waals surface area contributed by atoms with Crippen molar-refractivity contribution in [3.63, 3.8) is 0 Å². The molecule has 2 aliphatic rings. The van der Waals surface area contributed by atoms with Crippen molar-refractivity contribution < 1.29 is 14.3 Å². The molecule has 160 valence electrons. The number of benzene rings is 1. The van der Waals surface area contributed by atoms with E-state index >= 15 is 0 Å². The summed E-state index contributed by atoms with van der Waals surface area (Å²) in [6.45, 7) is 11.5. The zero-order chi connectivity index (χ0) is 20.9. The van der Waals surface area contributed by atoms with Gasteiger partial charge in [-0.25, -0.2) is 4.79 Å². The van der Waals surface area contributed by atoms with Crippen molar-refractivity contribution >= 4 is 17.7 Å². The number of nitrogens with one attached hydrogen (secondary N) is 1. The number of piperazine rings is 1. The third-order valence-corrected chi connectivity index (χ3v) is 5.40. The Bertz CT molecular complexity index is 681. The first-order chi connectivity index (χ1) is 13.8. The molecular weight excluding hydrogens is 368 g/mol. The molecule has 7 nitrogen and oxygen atoms in total. The van der Waals surface area contributed by atoms with Gasteiger partial charge in [0.25, 0.3) is 0 Å². The Morgan fingerprint density at radius 1 is 1.07 bits per heavy atom. The number of likely N-dealkylation sites (tertiary alicyclic amines) is 1. The lowest BCUT2D eigenvalue weighted by Gasteiger charge is -2.36. The van der Waals surface area contributed by atoms with Crippen LogP contribution >= 0.6 is 0 Å². The van der Waals surface area contributed by atoms with Crippen molar-refractivity contribution in [3.05, 3.63) is 30.3 Å². The van der Waals surface area contributed by atoms with Crippen molar-refractivity contribution in [2.24, 2.45) is 0 Å². The predicted octanol–water partition coefficient (Wildman–Crippen LogP) is 2.32. The normalized spacial score (nSPS) is 20.6. The Labute approximate surface area is 174 Å². The molecule has 2 aliphatic heterocycles. The van der Waals surface area contributed by atoms with Crippen molar-refractivity contribution in [1.82, 2.24) is 15.1 Å². The summed E-state index contributed by atoms with van der Waals surface area (Å²) < 4.78 is 5.44. The molecule has 2 heterocycles. The van der Waals surface area contributed by atoms with Crippen LogP contribution in [-0.4, -0.2) is 79.3 Å². The van der Waals surface area contributed by atoms with Crippen LogP contribution in [0, 0.1) is 0 Å². The Kier molecular flexibility index (Phi) is 7.00. The zero-order valence-corrected chi connectivity index (χ0v) is 17.9. The third-order valence-electron chi connectivity index (χ3n) is 5.40. The molecule has 0 saturated carbocycles. The molecule has 2 fully saturated rings. The molecule has 29 heavy (non-hydrogen) atoms. The van der Waals surface area contributed by atoms with Gasteiger partial charge in [0.1, 0.15) is 11.6 Å². The number of carbonyl (C=O) groups excluding carboxylic acids is 2. The van der Waals surface area contributed by atoms with E-state index in [4.69, 9.17) is 4.74 Å². The minimum Gasteiger partial charge on any atom is -0.444 e. The molecule has 1 N–H and O–H groups in total. The highest BCUT2D eigenvalue weighted by Crippen LogP contribution is 2.21. The zero-order valence-electron chi connectivity index (χ0n) is 17.9. The summed E-state index contributed by atoms with van der Waals surface area (Å²) in [5, 5.41) is 3.02. The fraction of sp³-hybridized carbons (Fsp3) is 0.636. The van der Waals surface area contributed by atoms with Gasteiger partial charge >= 0.3 is 6.09 Å². The lowest BCUT2D eigenvalue weighted by atomic mass is 10.2. The minimum atomic E-state index is -0.553. The van der Waals surface area contributed by atoms with Crippen LogP contribution in [0.25, 0.3) is 0 Å². The van der Waals surface area contributed by atoms with Crippen molar-refractivity contribution in [3.8, 4) is 0 Å². The maximum Gasteiger partial charge on any atom is 0.410 e. The van der Waals surface area contributed by atoms with Gasteiger partial charge in [0.05, 0.1) is 0 Å². The molecule has 1 aromatic rings. The fourth-order valence-electron chi connectivity index (χ4n) is 3.90. The lowest BCUT2D eigenvalue weighted by molar-refractivity contribution is -0.125. The molecular formula is C22H34N4O3. The molecule has 1 unspecified atom stereocenters. The highest BCUT2D eigenvalue weighted by molar-refractivity contribution is 5.86. The van der Waals surface area contributed by atoms with E-state index in [1.54, 1.807) is 4.90 Å². The van der Waals surface area contributed by atoms with Crippen LogP contribution in [0.3, 0.4) is 0 Å². The molecule has 0 spiro atoms. The van der Waals surface area contributed by atoms with Gasteiger partial charge in [-0.15, -0.1) is 0 Å². The Hall–Kier alpha value is -2.28. The SMILES string of the molecule is CC(C)(C)OC(=O)N1CCCC1C(=O)NCCN1CCN(c2ccccc2)CC1. The van der Waals surface area contributed by atoms with E-state index in [0.717, 1.165) is 39.1 Å². The maximum absolute atomic E-state index is 12.6. The van der Waals surface area contributed by atoms with E-state index in [1.807, 2.05) is 26.8 Å². The number of ether oxygens (including phenoxy) is 1. The fourth-order valence-corrected chi connectivity index (χ4v) is 3.90. The van der Waals surface area contributed by atoms with Gasteiger partial charge in [-0.05, 0) is 45.7 Å². The summed E-state index contributed by atoms with van der Waals surface area (Å²) in [5.74, 6) is -0.0729. The van der Waals surface area contributed by atoms with Gasteiger partial charge < -0.3 is 15.0 Å². The number of rotatable bonds is 5. The van der Waals surface area contributed by atoms with Crippen molar-refractivity contribution in [1.29, 1.82) is 0 Å². The first-order valence-corrected chi connectivity index (χ1v) is 10.6. The Morgan fingerprint density at radius 3 is 2.41 bits per heavy atom. The monoisotopic (exact) mass is 402 g/mol. The molecule has 3 rings (SSSR count). The van der Waals surface area contributed by atoms with E-state index in [0.29, 0.717) is 19.5 Å². The molecule has 0 aliphatic carbocycles. The van der Waals surface area contributed by atoms with Crippen LogP contribution < -0.4 is 10.2 Å². The molecule has 1 aromatic carbocycles. The number of carbonyl (C=O) groups is 2. The van der Waals surface area contributed by atoms with E-state index < -0.39 is 17.7 Å². The van der Waals surface area contributed by atoms with E-state index in [-0.39, 0.29) is 5.91 Å². The molecule has 0 aromatic heterocycles. The second-order valence-electron chi connectivity index (χ2n) is 8.79. The lowest BCUT2D eigenvalue weighted by Crippen LogP contribution is -2.51. The summed E-state index contributed by atoms with van der Waals surface area (Å²) in [6, 6.07) is 10.1. The summed E-state index contributed by atoms with van der Waals surface area (Å²) in [4.78, 5) is 31.3. The maximum atomic E-state index is 12.6. The van der Waals surface area contributed by atoms with Crippen LogP contribution in [0.1, 0.15) is 33.6 Å². The first kappa shape index (κ1) is 21.4. The van der Waals surface area contributed by atoms with E-state index in [2.05, 4.69) is 39.4 Å². The predicted molar refractivity (Wildman–Crippen MR) is 114 cm³/mol. The third kappa shape index (κ3) is 6.10. The number of hydrogen-bond acceptors (Lipinski definition) is 5. The van der Waals surface area contributed by atoms with Crippen LogP contribution in [-0.2, 0) is 9.53 Å².